The van der Waals surface area contributed by atoms with Crippen LogP contribution in [-0.2, 0) is 0 Å². The molecule has 1 fully saturated rings. The van der Waals surface area contributed by atoms with E-state index < -0.39 is 10.8 Å². The minimum atomic E-state index is -0.550. The molecule has 0 bridgehead atoms. The summed E-state index contributed by atoms with van der Waals surface area (Å²) in [4.78, 5) is 38.4. The summed E-state index contributed by atoms with van der Waals surface area (Å²) in [7, 11) is 0. The number of ether oxygens (including phenoxy) is 1. The fraction of sp³-hybridized carbons (Fsp3) is 0.360. The zero-order chi connectivity index (χ0) is 24.2. The van der Waals surface area contributed by atoms with E-state index in [1.165, 1.54) is 18.2 Å². The fourth-order valence-electron chi connectivity index (χ4n) is 4.35. The maximum atomic E-state index is 13.0. The van der Waals surface area contributed by atoms with Crippen molar-refractivity contribution in [2.24, 2.45) is 0 Å². The van der Waals surface area contributed by atoms with Crippen LogP contribution in [0.25, 0.3) is 11.0 Å². The first-order valence-electron chi connectivity index (χ1n) is 11.4. The van der Waals surface area contributed by atoms with E-state index in [0.29, 0.717) is 49.1 Å². The number of aryl methyl sites for hydroxylation is 1. The molecule has 0 spiro atoms. The first-order chi connectivity index (χ1) is 16.4. The lowest BCUT2D eigenvalue weighted by Crippen LogP contribution is -2.49. The highest BCUT2D eigenvalue weighted by Gasteiger charge is 2.29. The predicted molar refractivity (Wildman–Crippen MR) is 127 cm³/mol. The Balaban J connectivity index is 1.41. The van der Waals surface area contributed by atoms with E-state index in [-0.39, 0.29) is 34.7 Å². The molecule has 9 heteroatoms. The van der Waals surface area contributed by atoms with Gasteiger partial charge in [0.2, 0.25) is 11.2 Å². The minimum Gasteiger partial charge on any atom is -0.467 e. The van der Waals surface area contributed by atoms with E-state index in [1.807, 2.05) is 13.0 Å². The molecule has 34 heavy (non-hydrogen) atoms. The molecule has 0 radical (unpaired) electrons. The molecule has 0 saturated carbocycles. The molecular weight excluding hydrogens is 438 g/mol. The van der Waals surface area contributed by atoms with E-state index in [2.05, 4.69) is 10.2 Å². The molecule has 0 aliphatic carbocycles. The molecule has 1 N–H and O–H groups in total. The Bertz CT molecular complexity index is 1260. The molecule has 1 amide bonds. The number of para-hydroxylation sites is 2. The smallest absolute Gasteiger partial charge is 0.282 e. The Kier molecular flexibility index (Phi) is 6.93. The Morgan fingerprint density at radius 3 is 2.59 bits per heavy atom. The number of likely N-dealkylation sites (tertiary alicyclic amines) is 1. The van der Waals surface area contributed by atoms with Crippen LogP contribution < -0.4 is 15.5 Å². The highest BCUT2D eigenvalue weighted by Crippen LogP contribution is 2.24. The highest BCUT2D eigenvalue weighted by atomic mass is 16.6. The van der Waals surface area contributed by atoms with Crippen molar-refractivity contribution in [3.05, 3.63) is 80.2 Å². The number of nitrogens with one attached hydrogen (secondary N) is 1. The Hall–Kier alpha value is -3.72. The number of nitro benzene ring substituents is 1. The molecule has 1 atom stereocenters. The molecule has 1 unspecified atom stereocenters. The van der Waals surface area contributed by atoms with Gasteiger partial charge in [-0.2, -0.15) is 0 Å². The van der Waals surface area contributed by atoms with Crippen molar-refractivity contribution in [1.82, 2.24) is 10.2 Å². The molecular formula is C25H27N3O6. The number of rotatable bonds is 7. The summed E-state index contributed by atoms with van der Waals surface area (Å²) in [5, 5.41) is 14.6. The lowest BCUT2D eigenvalue weighted by Gasteiger charge is -2.37. The SMILES string of the molecule is CCC(Oc1c(C)oc2ccccc2c1=O)N1CCC(NC(=O)c2ccccc2[N+](=O)[O-])CC1. The number of carbonyl (C=O) groups excluding carboxylic acids is 1. The van der Waals surface area contributed by atoms with Gasteiger partial charge in [0.15, 0.2) is 6.23 Å². The van der Waals surface area contributed by atoms with Crippen molar-refractivity contribution in [3.8, 4) is 5.75 Å². The summed E-state index contributed by atoms with van der Waals surface area (Å²) in [5.74, 6) is 0.213. The molecule has 1 aromatic heterocycles. The van der Waals surface area contributed by atoms with Crippen molar-refractivity contribution >= 4 is 22.6 Å². The maximum absolute atomic E-state index is 13.0. The average molecular weight is 466 g/mol. The molecule has 1 saturated heterocycles. The largest absolute Gasteiger partial charge is 0.467 e. The second-order valence-electron chi connectivity index (χ2n) is 8.35. The van der Waals surface area contributed by atoms with Crippen molar-refractivity contribution < 1.29 is 18.9 Å². The van der Waals surface area contributed by atoms with Gasteiger partial charge >= 0.3 is 0 Å². The first kappa shape index (κ1) is 23.4. The number of piperidine rings is 1. The minimum absolute atomic E-state index is 0.0585. The summed E-state index contributed by atoms with van der Waals surface area (Å²) in [6.07, 6.45) is 1.68. The van der Waals surface area contributed by atoms with Gasteiger partial charge in [0.1, 0.15) is 16.9 Å². The monoisotopic (exact) mass is 465 g/mol. The van der Waals surface area contributed by atoms with E-state index in [0.717, 1.165) is 0 Å². The van der Waals surface area contributed by atoms with Crippen LogP contribution in [0.15, 0.2) is 57.7 Å². The second kappa shape index (κ2) is 10.0. The molecule has 3 aromatic rings. The van der Waals surface area contributed by atoms with Gasteiger partial charge in [-0.05, 0) is 44.4 Å². The van der Waals surface area contributed by atoms with Gasteiger partial charge in [-0.25, -0.2) is 0 Å². The Morgan fingerprint density at radius 2 is 1.88 bits per heavy atom. The third-order valence-corrected chi connectivity index (χ3v) is 6.14. The van der Waals surface area contributed by atoms with Crippen LogP contribution in [0.2, 0.25) is 0 Å². The van der Waals surface area contributed by atoms with Crippen molar-refractivity contribution in [2.75, 3.05) is 13.1 Å². The van der Waals surface area contributed by atoms with E-state index in [9.17, 15) is 19.7 Å². The molecule has 4 rings (SSSR count). The van der Waals surface area contributed by atoms with Crippen LogP contribution in [0.4, 0.5) is 5.69 Å². The van der Waals surface area contributed by atoms with Gasteiger partial charge in [-0.1, -0.05) is 31.2 Å². The molecule has 9 nitrogen and oxygen atoms in total. The zero-order valence-electron chi connectivity index (χ0n) is 19.2. The van der Waals surface area contributed by atoms with E-state index >= 15 is 0 Å². The number of nitro groups is 1. The zero-order valence-corrected chi connectivity index (χ0v) is 19.2. The maximum Gasteiger partial charge on any atom is 0.282 e. The number of hydrogen-bond acceptors (Lipinski definition) is 7. The van der Waals surface area contributed by atoms with Gasteiger partial charge in [0.25, 0.3) is 11.6 Å². The van der Waals surface area contributed by atoms with Gasteiger partial charge in [-0.3, -0.25) is 24.6 Å². The topological polar surface area (TPSA) is 115 Å². The van der Waals surface area contributed by atoms with Gasteiger partial charge < -0.3 is 14.5 Å². The number of nitrogens with zero attached hydrogens (tertiary/aromatic N) is 2. The van der Waals surface area contributed by atoms with Crippen LogP contribution in [-0.4, -0.2) is 41.1 Å². The second-order valence-corrected chi connectivity index (χ2v) is 8.35. The van der Waals surface area contributed by atoms with E-state index in [4.69, 9.17) is 9.15 Å². The number of fused-ring (bicyclic) bond motifs is 1. The summed E-state index contributed by atoms with van der Waals surface area (Å²) < 4.78 is 12.0. The van der Waals surface area contributed by atoms with E-state index in [1.54, 1.807) is 31.2 Å². The summed E-state index contributed by atoms with van der Waals surface area (Å²) in [5.41, 5.74) is 0.190. The molecule has 1 aliphatic heterocycles. The normalized spacial score (nSPS) is 15.7. The lowest BCUT2D eigenvalue weighted by molar-refractivity contribution is -0.385. The Labute approximate surface area is 196 Å². The molecule has 178 valence electrons. The van der Waals surface area contributed by atoms with Crippen molar-refractivity contribution in [3.63, 3.8) is 0 Å². The molecule has 1 aliphatic rings. The number of carbonyl (C=O) groups is 1. The van der Waals surface area contributed by atoms with Crippen LogP contribution >= 0.6 is 0 Å². The fourth-order valence-corrected chi connectivity index (χ4v) is 4.35. The van der Waals surface area contributed by atoms with Crippen molar-refractivity contribution in [1.29, 1.82) is 0 Å². The average Bonchev–Trinajstić information content (AvgIpc) is 2.84. The molecule has 2 heterocycles. The predicted octanol–water partition coefficient (Wildman–Crippen LogP) is 4.02. The first-order valence-corrected chi connectivity index (χ1v) is 11.4. The van der Waals surface area contributed by atoms with Crippen LogP contribution in [0.3, 0.4) is 0 Å². The van der Waals surface area contributed by atoms with Gasteiger partial charge in [0.05, 0.1) is 10.3 Å². The third-order valence-electron chi connectivity index (χ3n) is 6.14. The standard InChI is InChI=1S/C25H27N3O6/c1-3-22(34-24-16(2)33-21-11-7-5-9-19(21)23(24)29)27-14-12-17(13-15-27)26-25(30)18-8-4-6-10-20(18)28(31)32/h4-11,17,22H,3,12-15H2,1-2H3,(H,26,30). The van der Waals surface area contributed by atoms with Gasteiger partial charge in [0, 0.05) is 25.2 Å². The van der Waals surface area contributed by atoms with Crippen LogP contribution in [0, 0.1) is 17.0 Å². The number of hydrogen-bond donors (Lipinski definition) is 1. The molecule has 2 aromatic carbocycles. The van der Waals surface area contributed by atoms with Crippen molar-refractivity contribution in [2.45, 2.75) is 45.4 Å². The lowest BCUT2D eigenvalue weighted by atomic mass is 10.0. The summed E-state index contributed by atoms with van der Waals surface area (Å²) in [6, 6.07) is 12.9. The quantitative estimate of drug-likeness (QED) is 0.414. The van der Waals surface area contributed by atoms with Crippen LogP contribution in [0.5, 0.6) is 5.75 Å². The number of amides is 1. The van der Waals surface area contributed by atoms with Gasteiger partial charge in [-0.15, -0.1) is 0 Å². The number of benzene rings is 2. The highest BCUT2D eigenvalue weighted by molar-refractivity contribution is 5.98. The van der Waals surface area contributed by atoms with Crippen LogP contribution in [0.1, 0.15) is 42.3 Å². The summed E-state index contributed by atoms with van der Waals surface area (Å²) in [6.45, 7) is 5.02. The summed E-state index contributed by atoms with van der Waals surface area (Å²) >= 11 is 0. The third kappa shape index (κ3) is 4.79. The Morgan fingerprint density at radius 1 is 1.21 bits per heavy atom.